The number of aromatic nitrogens is 3. The first kappa shape index (κ1) is 18.1. The molecule has 2 atom stereocenters. The summed E-state index contributed by atoms with van der Waals surface area (Å²) in [5.74, 6) is 2.22. The van der Waals surface area contributed by atoms with Crippen molar-refractivity contribution in [3.05, 3.63) is 23.3 Å². The third kappa shape index (κ3) is 4.69. The van der Waals surface area contributed by atoms with Gasteiger partial charge < -0.3 is 15.2 Å². The van der Waals surface area contributed by atoms with Gasteiger partial charge in [0, 0.05) is 32.0 Å². The lowest BCUT2D eigenvalue weighted by Crippen LogP contribution is -2.49. The number of amides is 1. The molecule has 1 amide bonds. The van der Waals surface area contributed by atoms with E-state index in [4.69, 9.17) is 0 Å². The molecule has 2 aliphatic rings. The lowest BCUT2D eigenvalue weighted by Gasteiger charge is -2.28. The summed E-state index contributed by atoms with van der Waals surface area (Å²) in [7, 11) is 0. The maximum absolute atomic E-state index is 12.4. The van der Waals surface area contributed by atoms with Crippen LogP contribution in [0.15, 0.2) is 11.6 Å². The monoisotopic (exact) mass is 345 g/mol. The second-order valence-corrected chi connectivity index (χ2v) is 7.27. The molecule has 1 aromatic rings. The molecule has 0 fully saturated rings. The first-order chi connectivity index (χ1) is 12.2. The molecule has 0 saturated carbocycles. The molecule has 0 aromatic carbocycles. The van der Waals surface area contributed by atoms with Crippen molar-refractivity contribution in [2.45, 2.75) is 83.8 Å². The third-order valence-electron chi connectivity index (χ3n) is 5.35. The molecule has 0 saturated heterocycles. The predicted octanol–water partition coefficient (Wildman–Crippen LogP) is 2.14. The summed E-state index contributed by atoms with van der Waals surface area (Å²) in [5.41, 5.74) is 1.51. The molecule has 25 heavy (non-hydrogen) atoms. The highest BCUT2D eigenvalue weighted by Gasteiger charge is 2.25. The molecule has 2 N–H and O–H groups in total. The zero-order valence-electron chi connectivity index (χ0n) is 15.6. The number of allylic oxidation sites excluding steroid dienone is 1. The molecule has 2 heterocycles. The van der Waals surface area contributed by atoms with E-state index in [1.54, 1.807) is 0 Å². The number of carbonyl (C=O) groups excluding carboxylic acids is 1. The molecule has 3 rings (SSSR count). The number of carbonyl (C=O) groups is 1. The highest BCUT2D eigenvalue weighted by Crippen LogP contribution is 2.19. The molecule has 1 aliphatic heterocycles. The SMILES string of the molecule is CCc1nnc2n1C[C@H](N[C@@H](C)C(=O)NCCC1=CCCCC1)CC2. The molecular formula is C19H31N5O. The van der Waals surface area contributed by atoms with E-state index < -0.39 is 0 Å². The second kappa shape index (κ2) is 8.61. The average molecular weight is 345 g/mol. The summed E-state index contributed by atoms with van der Waals surface area (Å²) in [6.45, 7) is 5.66. The van der Waals surface area contributed by atoms with Crippen LogP contribution in [0.2, 0.25) is 0 Å². The van der Waals surface area contributed by atoms with Gasteiger partial charge in [0.2, 0.25) is 5.91 Å². The molecule has 1 aliphatic carbocycles. The summed E-state index contributed by atoms with van der Waals surface area (Å²) in [4.78, 5) is 12.4. The van der Waals surface area contributed by atoms with Crippen LogP contribution in [0.5, 0.6) is 0 Å². The Hall–Kier alpha value is -1.69. The maximum Gasteiger partial charge on any atom is 0.236 e. The molecule has 138 valence electrons. The summed E-state index contributed by atoms with van der Waals surface area (Å²) < 4.78 is 2.21. The normalized spacial score (nSPS) is 21.4. The lowest BCUT2D eigenvalue weighted by atomic mass is 9.97. The summed E-state index contributed by atoms with van der Waals surface area (Å²) >= 11 is 0. The molecule has 6 nitrogen and oxygen atoms in total. The van der Waals surface area contributed by atoms with Crippen molar-refractivity contribution in [2.24, 2.45) is 0 Å². The van der Waals surface area contributed by atoms with Gasteiger partial charge in [-0.05, 0) is 45.4 Å². The van der Waals surface area contributed by atoms with E-state index in [9.17, 15) is 4.79 Å². The number of nitrogens with one attached hydrogen (secondary N) is 2. The second-order valence-electron chi connectivity index (χ2n) is 7.27. The van der Waals surface area contributed by atoms with Crippen molar-refractivity contribution in [3.8, 4) is 0 Å². The Balaban J connectivity index is 1.43. The van der Waals surface area contributed by atoms with Crippen LogP contribution in [0, 0.1) is 0 Å². The Labute approximate surface area is 150 Å². The lowest BCUT2D eigenvalue weighted by molar-refractivity contribution is -0.122. The quantitative estimate of drug-likeness (QED) is 0.743. The minimum Gasteiger partial charge on any atom is -0.354 e. The molecule has 6 heteroatoms. The summed E-state index contributed by atoms with van der Waals surface area (Å²) in [5, 5.41) is 15.1. The van der Waals surface area contributed by atoms with Crippen LogP contribution in [0.3, 0.4) is 0 Å². The number of aryl methyl sites for hydroxylation is 2. The van der Waals surface area contributed by atoms with Gasteiger partial charge in [-0.1, -0.05) is 18.6 Å². The van der Waals surface area contributed by atoms with E-state index in [1.165, 1.54) is 31.3 Å². The Morgan fingerprint density at radius 2 is 2.24 bits per heavy atom. The van der Waals surface area contributed by atoms with Gasteiger partial charge >= 0.3 is 0 Å². The van der Waals surface area contributed by atoms with Crippen molar-refractivity contribution < 1.29 is 4.79 Å². The predicted molar refractivity (Wildman–Crippen MR) is 98.3 cm³/mol. The van der Waals surface area contributed by atoms with E-state index in [0.29, 0.717) is 6.04 Å². The van der Waals surface area contributed by atoms with Gasteiger partial charge in [0.15, 0.2) is 0 Å². The van der Waals surface area contributed by atoms with Crippen molar-refractivity contribution >= 4 is 5.91 Å². The van der Waals surface area contributed by atoms with Gasteiger partial charge in [-0.15, -0.1) is 10.2 Å². The van der Waals surface area contributed by atoms with E-state index in [1.807, 2.05) is 6.92 Å². The number of fused-ring (bicyclic) bond motifs is 1. The van der Waals surface area contributed by atoms with Crippen molar-refractivity contribution in [1.29, 1.82) is 0 Å². The summed E-state index contributed by atoms with van der Waals surface area (Å²) in [6, 6.07) is 0.129. The van der Waals surface area contributed by atoms with Crippen LogP contribution in [0.1, 0.15) is 64.0 Å². The van der Waals surface area contributed by atoms with Crippen molar-refractivity contribution in [2.75, 3.05) is 6.54 Å². The van der Waals surface area contributed by atoms with Gasteiger partial charge in [-0.3, -0.25) is 4.79 Å². The smallest absolute Gasteiger partial charge is 0.236 e. The number of hydrogen-bond acceptors (Lipinski definition) is 4. The summed E-state index contributed by atoms with van der Waals surface area (Å²) in [6.07, 6.45) is 11.2. The fourth-order valence-electron chi connectivity index (χ4n) is 3.84. The number of nitrogens with zero attached hydrogens (tertiary/aromatic N) is 3. The molecule has 0 bridgehead atoms. The maximum atomic E-state index is 12.4. The van der Waals surface area contributed by atoms with Gasteiger partial charge in [0.05, 0.1) is 6.04 Å². The molecule has 0 unspecified atom stereocenters. The fraction of sp³-hybridized carbons (Fsp3) is 0.737. The zero-order chi connectivity index (χ0) is 17.6. The Morgan fingerprint density at radius 3 is 3.00 bits per heavy atom. The van der Waals surface area contributed by atoms with Gasteiger partial charge in [-0.25, -0.2) is 0 Å². The number of rotatable bonds is 7. The van der Waals surface area contributed by atoms with E-state index in [0.717, 1.165) is 50.4 Å². The van der Waals surface area contributed by atoms with E-state index >= 15 is 0 Å². The van der Waals surface area contributed by atoms with Crippen LogP contribution in [-0.4, -0.2) is 39.3 Å². The van der Waals surface area contributed by atoms with Crippen LogP contribution in [0.4, 0.5) is 0 Å². The van der Waals surface area contributed by atoms with Gasteiger partial charge in [0.25, 0.3) is 0 Å². The molecule has 1 aromatic heterocycles. The molecule has 0 radical (unpaired) electrons. The first-order valence-corrected chi connectivity index (χ1v) is 9.80. The van der Waals surface area contributed by atoms with Crippen LogP contribution in [-0.2, 0) is 24.2 Å². The van der Waals surface area contributed by atoms with Gasteiger partial charge in [0.1, 0.15) is 11.6 Å². The standard InChI is InChI=1S/C19H31N5O/c1-3-17-22-23-18-10-9-16(13-24(17)18)21-14(2)19(25)20-12-11-15-7-5-4-6-8-15/h7,14,16,21H,3-6,8-13H2,1-2H3,(H,20,25)/t14-,16+/m0/s1. The topological polar surface area (TPSA) is 71.8 Å². The highest BCUT2D eigenvalue weighted by atomic mass is 16.2. The van der Waals surface area contributed by atoms with Crippen molar-refractivity contribution in [1.82, 2.24) is 25.4 Å². The Bertz CT molecular complexity index is 608. The van der Waals surface area contributed by atoms with Crippen molar-refractivity contribution in [3.63, 3.8) is 0 Å². The zero-order valence-corrected chi connectivity index (χ0v) is 15.6. The van der Waals surface area contributed by atoms with E-state index in [2.05, 4.69) is 38.4 Å². The average Bonchev–Trinajstić information content (AvgIpc) is 3.04. The molecular weight excluding hydrogens is 314 g/mol. The Kier molecular flexibility index (Phi) is 6.24. The minimum atomic E-state index is -0.173. The molecule has 0 spiro atoms. The van der Waals surface area contributed by atoms with Gasteiger partial charge in [-0.2, -0.15) is 0 Å². The van der Waals surface area contributed by atoms with Crippen LogP contribution >= 0.6 is 0 Å². The largest absolute Gasteiger partial charge is 0.354 e. The highest BCUT2D eigenvalue weighted by molar-refractivity contribution is 5.81. The minimum absolute atomic E-state index is 0.0988. The fourth-order valence-corrected chi connectivity index (χ4v) is 3.84. The number of hydrogen-bond donors (Lipinski definition) is 2. The Morgan fingerprint density at radius 1 is 1.36 bits per heavy atom. The third-order valence-corrected chi connectivity index (χ3v) is 5.35. The first-order valence-electron chi connectivity index (χ1n) is 9.80. The van der Waals surface area contributed by atoms with E-state index in [-0.39, 0.29) is 11.9 Å². The van der Waals surface area contributed by atoms with Crippen LogP contribution < -0.4 is 10.6 Å². The van der Waals surface area contributed by atoms with Crippen LogP contribution in [0.25, 0.3) is 0 Å².